The molecule has 220 valence electrons. The molecule has 0 saturated carbocycles. The molecule has 0 nitrogen and oxygen atoms in total. The van der Waals surface area contributed by atoms with Crippen molar-refractivity contribution in [3.8, 4) is 22.3 Å². The molecular weight excluding hydrogens is 692 g/mol. The van der Waals surface area contributed by atoms with Crippen LogP contribution in [0.4, 0.5) is 0 Å². The molecule has 2 atom stereocenters. The summed E-state index contributed by atoms with van der Waals surface area (Å²) in [6.07, 6.45) is 4.89. The van der Waals surface area contributed by atoms with Crippen LogP contribution in [0.2, 0.25) is 13.1 Å². The number of allylic oxidation sites excluding steroid dienone is 2. The van der Waals surface area contributed by atoms with Gasteiger partial charge in [-0.25, -0.2) is 0 Å². The highest BCUT2D eigenvalue weighted by Crippen LogP contribution is 2.55. The number of fused-ring (bicyclic) bond motifs is 4. The smallest absolute Gasteiger partial charge is 0.0679 e. The van der Waals surface area contributed by atoms with Gasteiger partial charge in [0, 0.05) is 20.0 Å². The Morgan fingerprint density at radius 3 is 1.36 bits per heavy atom. The molecule has 0 radical (unpaired) electrons. The van der Waals surface area contributed by atoms with Crippen molar-refractivity contribution in [2.45, 2.75) is 38.0 Å². The third-order valence-electron chi connectivity index (χ3n) is 10.3. The molecule has 2 unspecified atom stereocenters. The molecule has 3 heteroatoms. The zero-order chi connectivity index (χ0) is 31.0. The van der Waals surface area contributed by atoms with Crippen molar-refractivity contribution in [2.24, 2.45) is 0 Å². The van der Waals surface area contributed by atoms with Gasteiger partial charge in [0.05, 0.1) is 8.07 Å². The van der Waals surface area contributed by atoms with Gasteiger partial charge in [0.15, 0.2) is 0 Å². The van der Waals surface area contributed by atoms with E-state index in [0.29, 0.717) is 11.1 Å². The molecule has 0 bridgehead atoms. The number of halogens is 2. The largest absolute Gasteiger partial charge is 0.0722 e. The Morgan fingerprint density at radius 1 is 0.511 bits per heavy atom. The maximum absolute atomic E-state index is 4.02. The van der Waals surface area contributed by atoms with Gasteiger partial charge in [-0.3, -0.25) is 0 Å². The van der Waals surface area contributed by atoms with E-state index in [1.54, 1.807) is 0 Å². The number of hydrogen-bond acceptors (Lipinski definition) is 0. The van der Waals surface area contributed by atoms with Crippen LogP contribution in [0, 0.1) is 0 Å². The van der Waals surface area contributed by atoms with Crippen molar-refractivity contribution < 1.29 is 0 Å². The van der Waals surface area contributed by atoms with Crippen molar-refractivity contribution in [3.05, 3.63) is 152 Å². The van der Waals surface area contributed by atoms with Crippen LogP contribution in [0.3, 0.4) is 0 Å². The molecule has 6 aromatic rings. The Balaban J connectivity index is 1.27. The summed E-state index contributed by atoms with van der Waals surface area (Å²) < 4.78 is 2.38. The maximum atomic E-state index is 4.02. The van der Waals surface area contributed by atoms with E-state index in [2.05, 4.69) is 180 Å². The van der Waals surface area contributed by atoms with Crippen LogP contribution in [0.25, 0.3) is 56.0 Å². The topological polar surface area (TPSA) is 0 Å². The molecule has 0 spiro atoms. The van der Waals surface area contributed by atoms with Crippen molar-refractivity contribution in [1.82, 2.24) is 0 Å². The number of rotatable bonds is 4. The molecule has 2 aliphatic rings. The van der Waals surface area contributed by atoms with Crippen LogP contribution in [0.1, 0.15) is 47.2 Å². The minimum atomic E-state index is -2.05. The van der Waals surface area contributed by atoms with Gasteiger partial charge in [0.2, 0.25) is 0 Å². The van der Waals surface area contributed by atoms with Crippen molar-refractivity contribution >= 4 is 73.6 Å². The average Bonchev–Trinajstić information content (AvgIpc) is 3.57. The second kappa shape index (κ2) is 10.8. The molecule has 0 fully saturated rings. The van der Waals surface area contributed by atoms with Crippen LogP contribution in [0.5, 0.6) is 0 Å². The molecule has 2 aliphatic carbocycles. The molecule has 0 amide bonds. The van der Waals surface area contributed by atoms with Gasteiger partial charge in [-0.2, -0.15) is 0 Å². The summed E-state index contributed by atoms with van der Waals surface area (Å²) >= 11 is 8.04. The van der Waals surface area contributed by atoms with Crippen LogP contribution in [-0.2, 0) is 0 Å². The van der Waals surface area contributed by atoms with E-state index in [1.165, 1.54) is 86.1 Å². The first kappa shape index (κ1) is 28.9. The number of hydrogen-bond donors (Lipinski definition) is 0. The first-order chi connectivity index (χ1) is 21.7. The van der Waals surface area contributed by atoms with E-state index in [-0.39, 0.29) is 0 Å². The van der Waals surface area contributed by atoms with Gasteiger partial charge in [-0.05, 0) is 92.0 Å². The Kier molecular flexibility index (Phi) is 6.94. The lowest BCUT2D eigenvalue weighted by Gasteiger charge is -2.39. The monoisotopic (exact) mass is 724 g/mol. The maximum Gasteiger partial charge on any atom is 0.0722 e. The van der Waals surface area contributed by atoms with Crippen molar-refractivity contribution in [1.29, 1.82) is 0 Å². The van der Waals surface area contributed by atoms with Gasteiger partial charge >= 0.3 is 0 Å². The Hall–Kier alpha value is -3.50. The summed E-state index contributed by atoms with van der Waals surface area (Å²) in [4.78, 5) is 0. The van der Waals surface area contributed by atoms with Gasteiger partial charge in [-0.15, -0.1) is 0 Å². The first-order valence-electron chi connectivity index (χ1n) is 15.7. The molecule has 0 N–H and O–H groups in total. The highest BCUT2D eigenvalue weighted by Gasteiger charge is 2.47. The fraction of sp³-hybridized carbons (Fsp3) is 0.143. The molecule has 8 rings (SSSR count). The Morgan fingerprint density at radius 2 is 0.911 bits per heavy atom. The third kappa shape index (κ3) is 4.58. The van der Waals surface area contributed by atoms with Gasteiger partial charge in [-0.1, -0.05) is 165 Å². The van der Waals surface area contributed by atoms with E-state index in [4.69, 9.17) is 0 Å². The van der Waals surface area contributed by atoms with Crippen molar-refractivity contribution in [3.63, 3.8) is 0 Å². The van der Waals surface area contributed by atoms with Crippen molar-refractivity contribution in [2.75, 3.05) is 0 Å². The predicted molar refractivity (Wildman–Crippen MR) is 204 cm³/mol. The standard InChI is InChI=1S/C42H34Br2Si/c1-25-19-35-37(21-29(23-39(35)43)33-17-9-13-27-11-5-7-15-31(27)33)41(25)45(3,4)42-26(2)20-36-38(42)22-30(24-40(36)44)34-18-10-14-28-12-6-8-16-32(28)34/h5-24,41-42H,1-4H3. The molecular formula is C42H34Br2Si. The first-order valence-corrected chi connectivity index (χ1v) is 20.5. The summed E-state index contributed by atoms with van der Waals surface area (Å²) in [5.74, 6) is 0. The van der Waals surface area contributed by atoms with E-state index in [1.807, 2.05) is 0 Å². The normalized spacial score (nSPS) is 17.4. The fourth-order valence-electron chi connectivity index (χ4n) is 8.58. The summed E-state index contributed by atoms with van der Waals surface area (Å²) in [7, 11) is -2.05. The quantitative estimate of drug-likeness (QED) is 0.159. The summed E-state index contributed by atoms with van der Waals surface area (Å²) in [5.41, 5.74) is 14.6. The van der Waals surface area contributed by atoms with Crippen LogP contribution >= 0.6 is 31.9 Å². The van der Waals surface area contributed by atoms with Crippen LogP contribution < -0.4 is 0 Å². The second-order valence-corrected chi connectivity index (χ2v) is 19.9. The van der Waals surface area contributed by atoms with Crippen LogP contribution in [-0.4, -0.2) is 8.07 Å². The lowest BCUT2D eigenvalue weighted by molar-refractivity contribution is 0.968. The van der Waals surface area contributed by atoms with E-state index < -0.39 is 8.07 Å². The zero-order valence-corrected chi connectivity index (χ0v) is 30.1. The third-order valence-corrected chi connectivity index (χ3v) is 16.1. The van der Waals surface area contributed by atoms with Gasteiger partial charge in [0.25, 0.3) is 0 Å². The van der Waals surface area contributed by atoms with Gasteiger partial charge in [0.1, 0.15) is 0 Å². The zero-order valence-electron chi connectivity index (χ0n) is 26.0. The van der Waals surface area contributed by atoms with Gasteiger partial charge < -0.3 is 0 Å². The lowest BCUT2D eigenvalue weighted by Crippen LogP contribution is -2.42. The molecule has 6 aromatic carbocycles. The Labute approximate surface area is 283 Å². The second-order valence-electron chi connectivity index (χ2n) is 13.4. The SMILES string of the molecule is CC1=Cc2c(Br)cc(-c3cccc4ccccc34)cc2C1[Si](C)(C)C1C(C)=Cc2c(Br)cc(-c3cccc4ccccc34)cc21. The van der Waals surface area contributed by atoms with E-state index >= 15 is 0 Å². The fourth-order valence-corrected chi connectivity index (χ4v) is 14.7. The Bertz CT molecular complexity index is 2080. The summed E-state index contributed by atoms with van der Waals surface area (Å²) in [6, 6.07) is 40.5. The van der Waals surface area contributed by atoms with E-state index in [0.717, 1.165) is 0 Å². The molecule has 0 heterocycles. The minimum Gasteiger partial charge on any atom is -0.0679 e. The average molecular weight is 727 g/mol. The highest BCUT2D eigenvalue weighted by molar-refractivity contribution is 9.10. The highest BCUT2D eigenvalue weighted by atomic mass is 79.9. The summed E-state index contributed by atoms with van der Waals surface area (Å²) in [6.45, 7) is 9.97. The lowest BCUT2D eigenvalue weighted by atomic mass is 9.95. The molecule has 0 aliphatic heterocycles. The molecule has 0 aromatic heterocycles. The van der Waals surface area contributed by atoms with Crippen LogP contribution in [0.15, 0.2) is 129 Å². The number of benzene rings is 6. The minimum absolute atomic E-state index is 0.415. The summed E-state index contributed by atoms with van der Waals surface area (Å²) in [5, 5.41) is 5.17. The predicted octanol–water partition coefficient (Wildman–Crippen LogP) is 13.3. The van der Waals surface area contributed by atoms with E-state index in [9.17, 15) is 0 Å². The molecule has 45 heavy (non-hydrogen) atoms. The molecule has 0 saturated heterocycles.